The number of nitrogens with one attached hydrogen (secondary N) is 2. The maximum absolute atomic E-state index is 11.7. The van der Waals surface area contributed by atoms with E-state index in [1.54, 1.807) is 0 Å². The van der Waals surface area contributed by atoms with Gasteiger partial charge < -0.3 is 15.7 Å². The van der Waals surface area contributed by atoms with Gasteiger partial charge in [0.1, 0.15) is 6.04 Å². The van der Waals surface area contributed by atoms with Gasteiger partial charge in [-0.2, -0.15) is 12.6 Å². The molecule has 26 heavy (non-hydrogen) atoms. The normalized spacial score (nSPS) is 11.8. The molecule has 0 fully saturated rings. The highest BCUT2D eigenvalue weighted by atomic mass is 32.1. The fourth-order valence-electron chi connectivity index (χ4n) is 2.75. The first-order valence-electron chi connectivity index (χ1n) is 9.84. The van der Waals surface area contributed by atoms with Crippen molar-refractivity contribution in [1.82, 2.24) is 10.6 Å². The highest BCUT2D eigenvalue weighted by Crippen LogP contribution is 2.10. The number of hydrogen-bond donors (Lipinski definition) is 4. The van der Waals surface area contributed by atoms with Gasteiger partial charge in [0.25, 0.3) is 0 Å². The molecule has 1 atom stereocenters. The predicted molar refractivity (Wildman–Crippen MR) is 108 cm³/mol. The minimum atomic E-state index is -1.02. The lowest BCUT2D eigenvalue weighted by Crippen LogP contribution is -2.39. The highest BCUT2D eigenvalue weighted by molar-refractivity contribution is 7.80. The summed E-state index contributed by atoms with van der Waals surface area (Å²) in [6.45, 7) is 1.86. The molecule has 0 aliphatic rings. The lowest BCUT2D eigenvalue weighted by Gasteiger charge is -2.13. The molecule has 0 heterocycles. The Hall–Kier alpha value is -1.24. The number of hydrogen-bond acceptors (Lipinski definition) is 4. The van der Waals surface area contributed by atoms with E-state index in [2.05, 4.69) is 23.3 Å². The standard InChI is InChI=1S/C19H36N2O4S/c1-16(22)21-17(19(24)25)12-9-10-14-20-18(23)13-8-6-4-2-3-5-7-11-15-26/h17,26H,2-15H2,1H3,(H,20,23)(H,21,22)(H,24,25). The van der Waals surface area contributed by atoms with Crippen LogP contribution in [0.5, 0.6) is 0 Å². The Morgan fingerprint density at radius 1 is 0.885 bits per heavy atom. The molecule has 0 bridgehead atoms. The fourth-order valence-corrected chi connectivity index (χ4v) is 2.97. The number of aliphatic carboxylic acids is 1. The van der Waals surface area contributed by atoms with Crippen LogP contribution in [0.3, 0.4) is 0 Å². The first-order chi connectivity index (χ1) is 12.5. The molecular weight excluding hydrogens is 352 g/mol. The van der Waals surface area contributed by atoms with E-state index in [1.165, 1.54) is 45.4 Å². The number of carboxylic acids is 1. The molecule has 0 saturated heterocycles. The lowest BCUT2D eigenvalue weighted by atomic mass is 10.1. The molecular formula is C19H36N2O4S. The Kier molecular flexibility index (Phi) is 16.4. The molecule has 2 amide bonds. The number of rotatable bonds is 17. The van der Waals surface area contributed by atoms with Crippen LogP contribution in [0.2, 0.25) is 0 Å². The molecule has 1 unspecified atom stereocenters. The average molecular weight is 389 g/mol. The Morgan fingerprint density at radius 3 is 2.00 bits per heavy atom. The highest BCUT2D eigenvalue weighted by Gasteiger charge is 2.17. The predicted octanol–water partition coefficient (Wildman–Crippen LogP) is 3.30. The minimum Gasteiger partial charge on any atom is -0.480 e. The van der Waals surface area contributed by atoms with Crippen molar-refractivity contribution in [2.24, 2.45) is 0 Å². The van der Waals surface area contributed by atoms with Gasteiger partial charge in [-0.05, 0) is 37.9 Å². The van der Waals surface area contributed by atoms with E-state index in [9.17, 15) is 14.4 Å². The quantitative estimate of drug-likeness (QED) is 0.227. The lowest BCUT2D eigenvalue weighted by molar-refractivity contribution is -0.141. The first kappa shape index (κ1) is 24.8. The SMILES string of the molecule is CC(=O)NC(CCCCNC(=O)CCCCCCCCCCS)C(=O)O. The maximum Gasteiger partial charge on any atom is 0.326 e. The zero-order valence-corrected chi connectivity index (χ0v) is 17.0. The average Bonchev–Trinajstić information content (AvgIpc) is 2.58. The number of carbonyl (C=O) groups is 3. The van der Waals surface area contributed by atoms with Crippen molar-refractivity contribution in [1.29, 1.82) is 0 Å². The molecule has 0 aromatic rings. The smallest absolute Gasteiger partial charge is 0.326 e. The molecule has 3 N–H and O–H groups in total. The molecule has 0 rings (SSSR count). The van der Waals surface area contributed by atoms with Crippen molar-refractivity contribution >= 4 is 30.4 Å². The number of thiol groups is 1. The summed E-state index contributed by atoms with van der Waals surface area (Å²) in [5.74, 6) is -0.324. The van der Waals surface area contributed by atoms with Crippen molar-refractivity contribution in [3.63, 3.8) is 0 Å². The van der Waals surface area contributed by atoms with Gasteiger partial charge in [-0.25, -0.2) is 4.79 Å². The van der Waals surface area contributed by atoms with Crippen molar-refractivity contribution in [3.05, 3.63) is 0 Å². The molecule has 152 valence electrons. The number of carbonyl (C=O) groups excluding carboxylic acids is 2. The number of carboxylic acid groups (broad SMARTS) is 1. The summed E-state index contributed by atoms with van der Waals surface area (Å²) in [5.41, 5.74) is 0. The van der Waals surface area contributed by atoms with Crippen molar-refractivity contribution in [2.75, 3.05) is 12.3 Å². The number of amides is 2. The van der Waals surface area contributed by atoms with Crippen molar-refractivity contribution in [2.45, 2.75) is 90.0 Å². The van der Waals surface area contributed by atoms with Gasteiger partial charge in [-0.15, -0.1) is 0 Å². The third kappa shape index (κ3) is 16.2. The summed E-state index contributed by atoms with van der Waals surface area (Å²) < 4.78 is 0. The van der Waals surface area contributed by atoms with Gasteiger partial charge >= 0.3 is 5.97 Å². The molecule has 0 spiro atoms. The van der Waals surface area contributed by atoms with Crippen LogP contribution in [-0.2, 0) is 14.4 Å². The Bertz CT molecular complexity index is 405. The number of unbranched alkanes of at least 4 members (excludes halogenated alkanes) is 8. The van der Waals surface area contributed by atoms with E-state index in [4.69, 9.17) is 5.11 Å². The molecule has 0 aromatic carbocycles. The summed E-state index contributed by atoms with van der Waals surface area (Å²) >= 11 is 4.20. The van der Waals surface area contributed by atoms with E-state index in [-0.39, 0.29) is 11.8 Å². The largest absolute Gasteiger partial charge is 0.480 e. The molecule has 0 aliphatic heterocycles. The van der Waals surface area contributed by atoms with Gasteiger partial charge in [0.2, 0.25) is 11.8 Å². The van der Waals surface area contributed by atoms with Crippen molar-refractivity contribution in [3.8, 4) is 0 Å². The van der Waals surface area contributed by atoms with E-state index in [1.807, 2.05) is 0 Å². The van der Waals surface area contributed by atoms with Gasteiger partial charge in [0, 0.05) is 19.9 Å². The summed E-state index contributed by atoms with van der Waals surface area (Å²) in [5, 5.41) is 14.3. The van der Waals surface area contributed by atoms with Crippen LogP contribution in [0.25, 0.3) is 0 Å². The molecule has 0 aromatic heterocycles. The van der Waals surface area contributed by atoms with Crippen LogP contribution in [0, 0.1) is 0 Å². The Morgan fingerprint density at radius 2 is 1.46 bits per heavy atom. The Balaban J connectivity index is 3.49. The van der Waals surface area contributed by atoms with Crippen LogP contribution < -0.4 is 10.6 Å². The minimum absolute atomic E-state index is 0.0652. The zero-order chi connectivity index (χ0) is 19.6. The van der Waals surface area contributed by atoms with Crippen LogP contribution >= 0.6 is 12.6 Å². The maximum atomic E-state index is 11.7. The van der Waals surface area contributed by atoms with E-state index >= 15 is 0 Å². The topological polar surface area (TPSA) is 95.5 Å². The molecule has 6 nitrogen and oxygen atoms in total. The summed E-state index contributed by atoms with van der Waals surface area (Å²) in [6.07, 6.45) is 11.8. The summed E-state index contributed by atoms with van der Waals surface area (Å²) in [7, 11) is 0. The monoisotopic (exact) mass is 388 g/mol. The van der Waals surface area contributed by atoms with Crippen LogP contribution in [0.1, 0.15) is 84.0 Å². The second kappa shape index (κ2) is 17.2. The molecule has 0 saturated carbocycles. The Labute approximate surface area is 163 Å². The fraction of sp³-hybridized carbons (Fsp3) is 0.842. The first-order valence-corrected chi connectivity index (χ1v) is 10.5. The van der Waals surface area contributed by atoms with Crippen LogP contribution in [0.15, 0.2) is 0 Å². The summed E-state index contributed by atoms with van der Waals surface area (Å²) in [6, 6.07) is -0.846. The molecule has 0 radical (unpaired) electrons. The third-order valence-corrected chi connectivity index (χ3v) is 4.55. The van der Waals surface area contributed by atoms with Gasteiger partial charge in [0.05, 0.1) is 0 Å². The van der Waals surface area contributed by atoms with Crippen molar-refractivity contribution < 1.29 is 19.5 Å². The van der Waals surface area contributed by atoms with E-state index in [0.717, 1.165) is 18.6 Å². The molecule has 0 aliphatic carbocycles. The van der Waals surface area contributed by atoms with E-state index < -0.39 is 12.0 Å². The van der Waals surface area contributed by atoms with Gasteiger partial charge in [-0.1, -0.05) is 38.5 Å². The van der Waals surface area contributed by atoms with Crippen LogP contribution in [0.4, 0.5) is 0 Å². The summed E-state index contributed by atoms with van der Waals surface area (Å²) in [4.78, 5) is 33.6. The third-order valence-electron chi connectivity index (χ3n) is 4.23. The second-order valence-electron chi connectivity index (χ2n) is 6.74. The molecule has 7 heteroatoms. The van der Waals surface area contributed by atoms with Gasteiger partial charge in [-0.3, -0.25) is 9.59 Å². The second-order valence-corrected chi connectivity index (χ2v) is 7.19. The van der Waals surface area contributed by atoms with E-state index in [0.29, 0.717) is 32.2 Å². The van der Waals surface area contributed by atoms with Crippen LogP contribution in [-0.4, -0.2) is 41.2 Å². The van der Waals surface area contributed by atoms with Gasteiger partial charge in [0.15, 0.2) is 0 Å². The zero-order valence-electron chi connectivity index (χ0n) is 16.1.